The number of benzene rings is 1. The van der Waals surface area contributed by atoms with Crippen molar-refractivity contribution in [3.63, 3.8) is 0 Å². The van der Waals surface area contributed by atoms with E-state index in [-0.39, 0.29) is 61.3 Å². The largest absolute Gasteiger partial charge is 0.426 e. The summed E-state index contributed by atoms with van der Waals surface area (Å²) in [5.41, 5.74) is 5.85. The molecule has 4 nitrogen and oxygen atoms in total. The van der Waals surface area contributed by atoms with Crippen molar-refractivity contribution in [1.29, 1.82) is 0 Å². The van der Waals surface area contributed by atoms with Gasteiger partial charge < -0.3 is 8.92 Å². The molecular formula is C18H14N3ORe3-. The van der Waals surface area contributed by atoms with Crippen LogP contribution in [0.1, 0.15) is 11.5 Å². The molecule has 0 atom stereocenters. The van der Waals surface area contributed by atoms with Crippen molar-refractivity contribution in [3.05, 3.63) is 66.3 Å². The van der Waals surface area contributed by atoms with Crippen LogP contribution >= 0.6 is 0 Å². The molecule has 0 fully saturated rings. The molecule has 0 saturated carbocycles. The van der Waals surface area contributed by atoms with Gasteiger partial charge in [-0.3, -0.25) is 4.98 Å². The fourth-order valence-electron chi connectivity index (χ4n) is 2.69. The van der Waals surface area contributed by atoms with Crippen molar-refractivity contribution < 1.29 is 65.8 Å². The van der Waals surface area contributed by atoms with Crippen LogP contribution in [0.4, 0.5) is 0 Å². The number of pyridine rings is 1. The Labute approximate surface area is 187 Å². The standard InChI is InChI=1S/C18H14N3O.3Re/c1-12-18(13(2)22-20-12)15-8-6-14(7-9-15)16-11-21-10-4-3-5-17(21)19-16;;;/h3-10H,1-2H3;;;/q-1;;;. The average Bonchev–Trinajstić information content (AvgIpc) is 3.11. The SMILES string of the molecule is Cc1noc(C)c1-c1ccc(-c2[c-]n3ccccc3n2)cc1.[Re].[Re].[Re]. The zero-order valence-electron chi connectivity index (χ0n) is 13.5. The molecule has 0 aliphatic heterocycles. The maximum Gasteiger partial charge on any atom is 0.141 e. The Morgan fingerprint density at radius 1 is 0.920 bits per heavy atom. The number of aryl methyl sites for hydroxylation is 2. The molecule has 3 radical (unpaired) electrons. The van der Waals surface area contributed by atoms with Gasteiger partial charge in [-0.25, -0.2) is 0 Å². The summed E-state index contributed by atoms with van der Waals surface area (Å²) >= 11 is 0. The van der Waals surface area contributed by atoms with E-state index >= 15 is 0 Å². The van der Waals surface area contributed by atoms with Gasteiger partial charge in [-0.1, -0.05) is 59.4 Å². The van der Waals surface area contributed by atoms with Crippen molar-refractivity contribution in [2.24, 2.45) is 0 Å². The second-order valence-electron chi connectivity index (χ2n) is 5.28. The van der Waals surface area contributed by atoms with Crippen LogP contribution in [-0.4, -0.2) is 14.5 Å². The summed E-state index contributed by atoms with van der Waals surface area (Å²) in [6.07, 6.45) is 5.21. The molecule has 0 amide bonds. The number of rotatable bonds is 2. The van der Waals surface area contributed by atoms with Crippen LogP contribution in [0.3, 0.4) is 0 Å². The Hall–Kier alpha value is -0.893. The number of hydrogen-bond donors (Lipinski definition) is 0. The monoisotopic (exact) mass is 849 g/mol. The topological polar surface area (TPSA) is 43.3 Å². The molecule has 0 N–H and O–H groups in total. The molecule has 0 saturated heterocycles. The molecule has 3 heterocycles. The van der Waals surface area contributed by atoms with E-state index < -0.39 is 0 Å². The third-order valence-corrected chi connectivity index (χ3v) is 3.77. The van der Waals surface area contributed by atoms with Gasteiger partial charge in [-0.15, -0.1) is 0 Å². The summed E-state index contributed by atoms with van der Waals surface area (Å²) in [6, 6.07) is 14.2. The molecule has 1 aromatic carbocycles. The maximum atomic E-state index is 5.23. The van der Waals surface area contributed by atoms with Gasteiger partial charge in [-0.2, -0.15) is 0 Å². The van der Waals surface area contributed by atoms with E-state index in [9.17, 15) is 0 Å². The van der Waals surface area contributed by atoms with Gasteiger partial charge in [0.15, 0.2) is 0 Å². The molecule has 129 valence electrons. The molecule has 3 aromatic heterocycles. The van der Waals surface area contributed by atoms with E-state index in [2.05, 4.69) is 40.6 Å². The molecule has 7 heteroatoms. The van der Waals surface area contributed by atoms with Crippen LogP contribution in [0.2, 0.25) is 0 Å². The second kappa shape index (κ2) is 9.16. The van der Waals surface area contributed by atoms with Crippen LogP contribution < -0.4 is 0 Å². The molecule has 4 aromatic rings. The van der Waals surface area contributed by atoms with Crippen LogP contribution in [0.25, 0.3) is 28.0 Å². The van der Waals surface area contributed by atoms with E-state index in [1.807, 2.05) is 42.6 Å². The van der Waals surface area contributed by atoms with Crippen LogP contribution in [0.5, 0.6) is 0 Å². The first-order valence-corrected chi connectivity index (χ1v) is 7.12. The minimum absolute atomic E-state index is 0. The first-order chi connectivity index (χ1) is 10.7. The zero-order chi connectivity index (χ0) is 15.1. The van der Waals surface area contributed by atoms with Gasteiger partial charge in [-0.05, 0) is 31.3 Å². The second-order valence-corrected chi connectivity index (χ2v) is 5.28. The van der Waals surface area contributed by atoms with E-state index in [4.69, 9.17) is 4.52 Å². The minimum Gasteiger partial charge on any atom is -0.426 e. The van der Waals surface area contributed by atoms with Gasteiger partial charge in [0.25, 0.3) is 0 Å². The Morgan fingerprint density at radius 3 is 2.20 bits per heavy atom. The third kappa shape index (κ3) is 4.27. The average molecular weight is 847 g/mol. The first kappa shape index (κ1) is 22.1. The molecule has 4 rings (SSSR count). The number of imidazole rings is 1. The maximum absolute atomic E-state index is 5.23. The number of nitrogens with zero attached hydrogens (tertiary/aromatic N) is 3. The number of hydrogen-bond acceptors (Lipinski definition) is 3. The fourth-order valence-corrected chi connectivity index (χ4v) is 2.69. The number of aromatic nitrogens is 3. The predicted molar refractivity (Wildman–Crippen MR) is 84.4 cm³/mol. The Morgan fingerprint density at radius 2 is 1.60 bits per heavy atom. The molecule has 0 spiro atoms. The van der Waals surface area contributed by atoms with Crippen molar-refractivity contribution >= 4 is 5.65 Å². The van der Waals surface area contributed by atoms with Crippen LogP contribution in [0.15, 0.2) is 53.2 Å². The Balaban J connectivity index is 0.00000104. The summed E-state index contributed by atoms with van der Waals surface area (Å²) in [6.45, 7) is 3.88. The summed E-state index contributed by atoms with van der Waals surface area (Å²) in [5.74, 6) is 0.838. The van der Waals surface area contributed by atoms with Gasteiger partial charge in [0.1, 0.15) is 5.76 Å². The van der Waals surface area contributed by atoms with E-state index in [0.29, 0.717) is 0 Å². The molecule has 0 aliphatic rings. The molecule has 0 aliphatic carbocycles. The van der Waals surface area contributed by atoms with Crippen molar-refractivity contribution in [3.8, 4) is 22.4 Å². The van der Waals surface area contributed by atoms with Gasteiger partial charge in [0, 0.05) is 66.8 Å². The predicted octanol–water partition coefficient (Wildman–Crippen LogP) is 4.07. The first-order valence-electron chi connectivity index (χ1n) is 7.12. The van der Waals surface area contributed by atoms with Gasteiger partial charge in [0.2, 0.25) is 0 Å². The van der Waals surface area contributed by atoms with Crippen LogP contribution in [-0.2, 0) is 61.3 Å². The third-order valence-electron chi connectivity index (χ3n) is 3.77. The van der Waals surface area contributed by atoms with Crippen molar-refractivity contribution in [1.82, 2.24) is 14.5 Å². The minimum atomic E-state index is 0. The quantitative estimate of drug-likeness (QED) is 0.287. The fraction of sp³-hybridized carbons (Fsp3) is 0.111. The molecule has 0 bridgehead atoms. The van der Waals surface area contributed by atoms with E-state index in [1.54, 1.807) is 0 Å². The van der Waals surface area contributed by atoms with Crippen molar-refractivity contribution in [2.45, 2.75) is 13.8 Å². The summed E-state index contributed by atoms with van der Waals surface area (Å²) in [4.78, 5) is 4.59. The van der Waals surface area contributed by atoms with E-state index in [1.165, 1.54) is 0 Å². The van der Waals surface area contributed by atoms with Gasteiger partial charge >= 0.3 is 0 Å². The van der Waals surface area contributed by atoms with Crippen LogP contribution in [0, 0.1) is 20.0 Å². The molecular weight excluding hydrogens is 833 g/mol. The smallest absolute Gasteiger partial charge is 0.141 e. The Bertz CT molecular complexity index is 909. The summed E-state index contributed by atoms with van der Waals surface area (Å²) in [5, 5.41) is 4.01. The van der Waals surface area contributed by atoms with E-state index in [0.717, 1.165) is 39.5 Å². The zero-order valence-corrected chi connectivity index (χ0v) is 21.7. The summed E-state index contributed by atoms with van der Waals surface area (Å²) in [7, 11) is 0. The number of fused-ring (bicyclic) bond motifs is 1. The van der Waals surface area contributed by atoms with Crippen molar-refractivity contribution in [2.75, 3.05) is 0 Å². The summed E-state index contributed by atoms with van der Waals surface area (Å²) < 4.78 is 7.13. The van der Waals surface area contributed by atoms with Gasteiger partial charge in [0.05, 0.1) is 11.3 Å². The Kier molecular flexibility index (Phi) is 8.12. The molecule has 25 heavy (non-hydrogen) atoms. The molecule has 0 unspecified atom stereocenters. The normalized spacial score (nSPS) is 9.84.